The molecule has 1 aliphatic rings. The molecule has 3 rings (SSSR count). The van der Waals surface area contributed by atoms with Gasteiger partial charge >= 0.3 is 0 Å². The Hall–Kier alpha value is -1.98. The van der Waals surface area contributed by atoms with Crippen LogP contribution in [0.15, 0.2) is 6.33 Å². The molecule has 0 radical (unpaired) electrons. The molecule has 2 aromatic rings. The number of fused-ring (bicyclic) bond motifs is 1. The summed E-state index contributed by atoms with van der Waals surface area (Å²) in [5, 5.41) is 5.18. The van der Waals surface area contributed by atoms with Gasteiger partial charge in [0.1, 0.15) is 17.9 Å². The fourth-order valence-corrected chi connectivity index (χ4v) is 2.06. The van der Waals surface area contributed by atoms with Crippen LogP contribution in [0.3, 0.4) is 0 Å². The highest BCUT2D eigenvalue weighted by atomic mass is 16.1. The summed E-state index contributed by atoms with van der Waals surface area (Å²) in [6.45, 7) is 1.87. The van der Waals surface area contributed by atoms with E-state index in [9.17, 15) is 4.79 Å². The lowest BCUT2D eigenvalue weighted by atomic mass is 9.92. The number of rotatable bonds is 1. The normalized spacial score (nSPS) is 16.7. The van der Waals surface area contributed by atoms with Crippen LogP contribution in [0.4, 0.5) is 5.82 Å². The Bertz CT molecular complexity index is 580. The molecule has 16 heavy (non-hydrogen) atoms. The van der Waals surface area contributed by atoms with Crippen LogP contribution in [0.25, 0.3) is 11.0 Å². The van der Waals surface area contributed by atoms with Crippen molar-refractivity contribution in [1.82, 2.24) is 19.7 Å². The van der Waals surface area contributed by atoms with E-state index in [-0.39, 0.29) is 11.8 Å². The topological polar surface area (TPSA) is 86.7 Å². The number of aryl methyl sites for hydroxylation is 1. The quantitative estimate of drug-likeness (QED) is 0.756. The molecule has 0 amide bonds. The Kier molecular flexibility index (Phi) is 1.74. The van der Waals surface area contributed by atoms with Gasteiger partial charge in [-0.05, 0) is 6.92 Å². The number of aromatic nitrogens is 4. The Balaban J connectivity index is 2.19. The average Bonchev–Trinajstić information content (AvgIpc) is 2.53. The van der Waals surface area contributed by atoms with Crippen LogP contribution in [-0.4, -0.2) is 25.5 Å². The zero-order valence-corrected chi connectivity index (χ0v) is 8.84. The molecular weight excluding hydrogens is 206 g/mol. The molecule has 0 bridgehead atoms. The summed E-state index contributed by atoms with van der Waals surface area (Å²) in [7, 11) is 0. The lowest BCUT2D eigenvalue weighted by Gasteiger charge is -2.24. The number of hydrogen-bond acceptors (Lipinski definition) is 5. The first-order valence-electron chi connectivity index (χ1n) is 5.14. The molecule has 1 saturated carbocycles. The Morgan fingerprint density at radius 3 is 2.88 bits per heavy atom. The summed E-state index contributed by atoms with van der Waals surface area (Å²) in [6.07, 6.45) is 2.51. The molecule has 0 saturated heterocycles. The molecule has 1 fully saturated rings. The van der Waals surface area contributed by atoms with E-state index in [2.05, 4.69) is 15.1 Å². The first-order chi connectivity index (χ1) is 7.66. The van der Waals surface area contributed by atoms with Crippen LogP contribution >= 0.6 is 0 Å². The minimum absolute atomic E-state index is 0.137. The Morgan fingerprint density at radius 1 is 1.44 bits per heavy atom. The molecular formula is C10H11N5O. The molecule has 0 atom stereocenters. The highest BCUT2D eigenvalue weighted by molar-refractivity contribution is 5.89. The second kappa shape index (κ2) is 3.01. The number of carbonyl (C=O) groups excluding carboxylic acids is 1. The SMILES string of the molecule is Cc1nn(C2CC(=O)C2)c2ncnc(N)c12. The van der Waals surface area contributed by atoms with E-state index in [1.54, 1.807) is 4.68 Å². The van der Waals surface area contributed by atoms with Crippen molar-refractivity contribution in [3.05, 3.63) is 12.0 Å². The van der Waals surface area contributed by atoms with Crippen molar-refractivity contribution in [2.75, 3.05) is 5.73 Å². The van der Waals surface area contributed by atoms with E-state index in [1.807, 2.05) is 6.92 Å². The van der Waals surface area contributed by atoms with Crippen molar-refractivity contribution in [2.45, 2.75) is 25.8 Å². The number of ketones is 1. The number of Topliss-reactive ketones (excluding diaryl/α,β-unsaturated/α-hetero) is 1. The summed E-state index contributed by atoms with van der Waals surface area (Å²) in [5.74, 6) is 0.715. The summed E-state index contributed by atoms with van der Waals surface area (Å²) >= 11 is 0. The second-order valence-electron chi connectivity index (χ2n) is 4.09. The predicted molar refractivity (Wildman–Crippen MR) is 57.8 cm³/mol. The first-order valence-corrected chi connectivity index (χ1v) is 5.14. The fourth-order valence-electron chi connectivity index (χ4n) is 2.06. The van der Waals surface area contributed by atoms with E-state index in [0.29, 0.717) is 18.7 Å². The van der Waals surface area contributed by atoms with Gasteiger partial charge in [0, 0.05) is 12.8 Å². The number of nitrogens with zero attached hydrogens (tertiary/aromatic N) is 4. The third-order valence-electron chi connectivity index (χ3n) is 2.97. The van der Waals surface area contributed by atoms with Gasteiger partial charge in [0.2, 0.25) is 0 Å². The van der Waals surface area contributed by atoms with Gasteiger partial charge in [-0.1, -0.05) is 0 Å². The Morgan fingerprint density at radius 2 is 2.19 bits per heavy atom. The van der Waals surface area contributed by atoms with E-state index in [0.717, 1.165) is 16.7 Å². The monoisotopic (exact) mass is 217 g/mol. The minimum Gasteiger partial charge on any atom is -0.383 e. The summed E-state index contributed by atoms with van der Waals surface area (Å²) in [6, 6.07) is 0.137. The van der Waals surface area contributed by atoms with Crippen molar-refractivity contribution >= 4 is 22.6 Å². The molecule has 0 aromatic carbocycles. The molecule has 0 aliphatic heterocycles. The third kappa shape index (κ3) is 1.13. The van der Waals surface area contributed by atoms with Crippen molar-refractivity contribution in [2.24, 2.45) is 0 Å². The number of nitrogen functional groups attached to an aromatic ring is 1. The molecule has 2 aromatic heterocycles. The lowest BCUT2D eigenvalue weighted by Crippen LogP contribution is -2.27. The maximum atomic E-state index is 11.0. The van der Waals surface area contributed by atoms with Gasteiger partial charge in [-0.2, -0.15) is 5.10 Å². The highest BCUT2D eigenvalue weighted by Crippen LogP contribution is 2.32. The van der Waals surface area contributed by atoms with Crippen molar-refractivity contribution in [3.8, 4) is 0 Å². The Labute approximate surface area is 91.5 Å². The van der Waals surface area contributed by atoms with E-state index in [4.69, 9.17) is 5.73 Å². The summed E-state index contributed by atoms with van der Waals surface area (Å²) < 4.78 is 1.80. The van der Waals surface area contributed by atoms with Crippen molar-refractivity contribution < 1.29 is 4.79 Å². The summed E-state index contributed by atoms with van der Waals surface area (Å²) in [4.78, 5) is 19.1. The lowest BCUT2D eigenvalue weighted by molar-refractivity contribution is -0.126. The van der Waals surface area contributed by atoms with E-state index < -0.39 is 0 Å². The third-order valence-corrected chi connectivity index (χ3v) is 2.97. The molecule has 6 nitrogen and oxygen atoms in total. The summed E-state index contributed by atoms with van der Waals surface area (Å²) in [5.41, 5.74) is 7.32. The van der Waals surface area contributed by atoms with Crippen LogP contribution in [0.1, 0.15) is 24.6 Å². The smallest absolute Gasteiger partial charge is 0.163 e. The zero-order chi connectivity index (χ0) is 11.3. The van der Waals surface area contributed by atoms with Gasteiger partial charge in [0.25, 0.3) is 0 Å². The first kappa shape index (κ1) is 9.26. The molecule has 0 spiro atoms. The molecule has 6 heteroatoms. The number of carbonyl (C=O) groups is 1. The van der Waals surface area contributed by atoms with Crippen molar-refractivity contribution in [1.29, 1.82) is 0 Å². The molecule has 2 heterocycles. The van der Waals surface area contributed by atoms with Gasteiger partial charge in [-0.3, -0.25) is 4.79 Å². The zero-order valence-electron chi connectivity index (χ0n) is 8.84. The van der Waals surface area contributed by atoms with Crippen molar-refractivity contribution in [3.63, 3.8) is 0 Å². The van der Waals surface area contributed by atoms with E-state index in [1.165, 1.54) is 6.33 Å². The predicted octanol–water partition coefficient (Wildman–Crippen LogP) is 0.621. The maximum absolute atomic E-state index is 11.0. The van der Waals surface area contributed by atoms with Gasteiger partial charge < -0.3 is 5.73 Å². The molecule has 0 unspecified atom stereocenters. The second-order valence-corrected chi connectivity index (χ2v) is 4.09. The molecule has 2 N–H and O–H groups in total. The van der Waals surface area contributed by atoms with Gasteiger partial charge in [0.05, 0.1) is 17.1 Å². The number of hydrogen-bond donors (Lipinski definition) is 1. The van der Waals surface area contributed by atoms with Gasteiger partial charge in [0.15, 0.2) is 5.65 Å². The van der Waals surface area contributed by atoms with Crippen LogP contribution in [-0.2, 0) is 4.79 Å². The fraction of sp³-hybridized carbons (Fsp3) is 0.400. The van der Waals surface area contributed by atoms with Crippen LogP contribution in [0.2, 0.25) is 0 Å². The average molecular weight is 217 g/mol. The van der Waals surface area contributed by atoms with E-state index >= 15 is 0 Å². The van der Waals surface area contributed by atoms with Gasteiger partial charge in [-0.25, -0.2) is 14.6 Å². The van der Waals surface area contributed by atoms with Crippen LogP contribution in [0.5, 0.6) is 0 Å². The number of nitrogens with two attached hydrogens (primary N) is 1. The number of anilines is 1. The molecule has 82 valence electrons. The molecule has 1 aliphatic carbocycles. The maximum Gasteiger partial charge on any atom is 0.163 e. The highest BCUT2D eigenvalue weighted by Gasteiger charge is 2.31. The standard InChI is InChI=1S/C10H11N5O/c1-5-8-9(11)12-4-13-10(8)15(14-5)6-2-7(16)3-6/h4,6H,2-3H2,1H3,(H2,11,12,13). The largest absolute Gasteiger partial charge is 0.383 e. The minimum atomic E-state index is 0.137. The van der Waals surface area contributed by atoms with Gasteiger partial charge in [-0.15, -0.1) is 0 Å². The van der Waals surface area contributed by atoms with Crippen LogP contribution < -0.4 is 5.73 Å². The van der Waals surface area contributed by atoms with Crippen LogP contribution in [0, 0.1) is 6.92 Å².